The summed E-state index contributed by atoms with van der Waals surface area (Å²) in [6.45, 7) is 20.3. The van der Waals surface area contributed by atoms with Gasteiger partial charge in [-0.1, -0.05) is 174 Å². The summed E-state index contributed by atoms with van der Waals surface area (Å²) in [5, 5.41) is 15.2. The smallest absolute Gasteiger partial charge is 0.00210 e. The standard InChI is InChI=1S/C69H56/c1-39-30-42(4)64(43(5)31-39)67-50-20-12-10-18-48(50)36-60-52(22-14-26-56(60)67)54-24-16-28-58-62(54)38-63-55(25-17-29-59(63)69(58)66-46(8)34-41(3)35-47(66)9)53-23-15-27-57-61(53)37-49-19-11-13-21-51(49)68(57)65-44(6)32-40(2)33-45(65)7/h10-38H,1-9H3. The summed E-state index contributed by atoms with van der Waals surface area (Å²) in [7, 11) is 0. The Bertz CT molecular complexity index is 3850. The highest BCUT2D eigenvalue weighted by atomic mass is 14.3. The summed E-state index contributed by atoms with van der Waals surface area (Å²) in [6.07, 6.45) is 0. The van der Waals surface area contributed by atoms with E-state index in [-0.39, 0.29) is 0 Å². The summed E-state index contributed by atoms with van der Waals surface area (Å²) in [5.41, 5.74) is 24.6. The molecule has 12 rings (SSSR count). The summed E-state index contributed by atoms with van der Waals surface area (Å²) < 4.78 is 0. The van der Waals surface area contributed by atoms with E-state index in [2.05, 4.69) is 238 Å². The number of fused-ring (bicyclic) bond motifs is 6. The first-order valence-corrected chi connectivity index (χ1v) is 24.6. The Hall–Kier alpha value is -7.80. The molecular formula is C69H56. The predicted octanol–water partition coefficient (Wildman–Crippen LogP) is 19.7. The molecule has 12 aromatic carbocycles. The molecule has 0 atom stereocenters. The number of aryl methyl sites for hydroxylation is 9. The fourth-order valence-corrected chi connectivity index (χ4v) is 12.8. The second-order valence-electron chi connectivity index (χ2n) is 20.1. The van der Waals surface area contributed by atoms with Gasteiger partial charge in [0.15, 0.2) is 0 Å². The lowest BCUT2D eigenvalue weighted by molar-refractivity contribution is 1.33. The summed E-state index contributed by atoms with van der Waals surface area (Å²) in [4.78, 5) is 0. The van der Waals surface area contributed by atoms with E-state index in [4.69, 9.17) is 0 Å². The molecule has 0 aliphatic rings. The first-order chi connectivity index (χ1) is 33.4. The SMILES string of the molecule is Cc1cc(C)c(-c2c3ccccc3cc3c(-c4cccc5c(-c6c(C)cc(C)cc6C)c6cccc(-c7cccc8c(-c9c(C)cc(C)cc9C)c9ccccc9cc78)c6cc45)cccc23)c(C)c1. The molecule has 0 N–H and O–H groups in total. The maximum Gasteiger partial charge on any atom is -0.00210 e. The van der Waals surface area contributed by atoms with E-state index in [9.17, 15) is 0 Å². The van der Waals surface area contributed by atoms with Gasteiger partial charge in [-0.3, -0.25) is 0 Å². The average Bonchev–Trinajstić information content (AvgIpc) is 3.32. The van der Waals surface area contributed by atoms with E-state index in [1.54, 1.807) is 0 Å². The molecule has 332 valence electrons. The van der Waals surface area contributed by atoms with Crippen LogP contribution in [0.25, 0.3) is 120 Å². The molecule has 12 aromatic rings. The van der Waals surface area contributed by atoms with Gasteiger partial charge in [0, 0.05) is 0 Å². The van der Waals surface area contributed by atoms with Gasteiger partial charge in [-0.05, 0) is 234 Å². The van der Waals surface area contributed by atoms with Crippen molar-refractivity contribution < 1.29 is 0 Å². The van der Waals surface area contributed by atoms with E-state index in [1.807, 2.05) is 0 Å². The van der Waals surface area contributed by atoms with Gasteiger partial charge >= 0.3 is 0 Å². The van der Waals surface area contributed by atoms with Crippen molar-refractivity contribution >= 4 is 64.6 Å². The van der Waals surface area contributed by atoms with Gasteiger partial charge in [0.1, 0.15) is 0 Å². The van der Waals surface area contributed by atoms with Crippen molar-refractivity contribution in [1.29, 1.82) is 0 Å². The molecule has 0 nitrogen and oxygen atoms in total. The summed E-state index contributed by atoms with van der Waals surface area (Å²) in [5.74, 6) is 0. The van der Waals surface area contributed by atoms with Crippen molar-refractivity contribution in [2.24, 2.45) is 0 Å². The van der Waals surface area contributed by atoms with Gasteiger partial charge in [-0.2, -0.15) is 0 Å². The average molecular weight is 885 g/mol. The normalized spacial score (nSPS) is 11.8. The van der Waals surface area contributed by atoms with Crippen molar-refractivity contribution in [3.63, 3.8) is 0 Å². The topological polar surface area (TPSA) is 0 Å². The Kier molecular flexibility index (Phi) is 9.98. The second kappa shape index (κ2) is 16.2. The molecule has 0 heteroatoms. The van der Waals surface area contributed by atoms with Gasteiger partial charge in [0.25, 0.3) is 0 Å². The van der Waals surface area contributed by atoms with Gasteiger partial charge in [-0.25, -0.2) is 0 Å². The van der Waals surface area contributed by atoms with Crippen LogP contribution in [-0.2, 0) is 0 Å². The molecule has 0 saturated carbocycles. The van der Waals surface area contributed by atoms with Gasteiger partial charge in [0.05, 0.1) is 0 Å². The van der Waals surface area contributed by atoms with E-state index in [0.29, 0.717) is 0 Å². The minimum absolute atomic E-state index is 1.24. The van der Waals surface area contributed by atoms with Crippen LogP contribution in [0, 0.1) is 62.3 Å². The fourth-order valence-electron chi connectivity index (χ4n) is 12.8. The molecule has 0 amide bonds. The molecule has 0 unspecified atom stereocenters. The third-order valence-electron chi connectivity index (χ3n) is 15.2. The van der Waals surface area contributed by atoms with Crippen LogP contribution in [0.15, 0.2) is 176 Å². The van der Waals surface area contributed by atoms with E-state index in [1.165, 1.54) is 170 Å². The highest BCUT2D eigenvalue weighted by Crippen LogP contribution is 2.50. The Morgan fingerprint density at radius 2 is 0.435 bits per heavy atom. The lowest BCUT2D eigenvalue weighted by Gasteiger charge is -2.22. The van der Waals surface area contributed by atoms with Crippen LogP contribution in [0.4, 0.5) is 0 Å². The Morgan fingerprint density at radius 3 is 0.739 bits per heavy atom. The molecule has 0 radical (unpaired) electrons. The quantitative estimate of drug-likeness (QED) is 0.151. The van der Waals surface area contributed by atoms with Crippen LogP contribution >= 0.6 is 0 Å². The zero-order chi connectivity index (χ0) is 47.4. The highest BCUT2D eigenvalue weighted by molar-refractivity contribution is 6.24. The van der Waals surface area contributed by atoms with Crippen LogP contribution in [-0.4, -0.2) is 0 Å². The zero-order valence-electron chi connectivity index (χ0n) is 41.2. The van der Waals surface area contributed by atoms with Gasteiger partial charge < -0.3 is 0 Å². The third kappa shape index (κ3) is 6.72. The Morgan fingerprint density at radius 1 is 0.188 bits per heavy atom. The maximum atomic E-state index is 2.53. The Balaban J connectivity index is 1.21. The van der Waals surface area contributed by atoms with Crippen LogP contribution < -0.4 is 0 Å². The molecule has 0 saturated heterocycles. The lowest BCUT2D eigenvalue weighted by Crippen LogP contribution is -1.96. The number of rotatable bonds is 5. The Labute approximate surface area is 406 Å². The van der Waals surface area contributed by atoms with Crippen molar-refractivity contribution in [2.45, 2.75) is 62.3 Å². The van der Waals surface area contributed by atoms with Crippen molar-refractivity contribution in [1.82, 2.24) is 0 Å². The van der Waals surface area contributed by atoms with Crippen molar-refractivity contribution in [3.8, 4) is 55.6 Å². The third-order valence-corrected chi connectivity index (χ3v) is 15.2. The molecule has 0 bridgehead atoms. The first-order valence-electron chi connectivity index (χ1n) is 24.6. The fraction of sp³-hybridized carbons (Fsp3) is 0.130. The summed E-state index contributed by atoms with van der Waals surface area (Å²) in [6, 6.07) is 67.5. The van der Waals surface area contributed by atoms with E-state index in [0.717, 1.165) is 0 Å². The van der Waals surface area contributed by atoms with E-state index < -0.39 is 0 Å². The molecule has 0 aliphatic heterocycles. The van der Waals surface area contributed by atoms with Crippen LogP contribution in [0.2, 0.25) is 0 Å². The van der Waals surface area contributed by atoms with Crippen molar-refractivity contribution in [3.05, 3.63) is 226 Å². The molecule has 0 spiro atoms. The molecule has 0 aliphatic carbocycles. The largest absolute Gasteiger partial charge is 0.0616 e. The first kappa shape index (κ1) is 42.5. The summed E-state index contributed by atoms with van der Waals surface area (Å²) >= 11 is 0. The second-order valence-corrected chi connectivity index (χ2v) is 20.1. The molecule has 0 aromatic heterocycles. The molecule has 0 fully saturated rings. The number of benzene rings is 12. The number of hydrogen-bond donors (Lipinski definition) is 0. The highest BCUT2D eigenvalue weighted by Gasteiger charge is 2.23. The van der Waals surface area contributed by atoms with Crippen LogP contribution in [0.1, 0.15) is 50.1 Å². The minimum Gasteiger partial charge on any atom is -0.0616 e. The van der Waals surface area contributed by atoms with Crippen LogP contribution in [0.5, 0.6) is 0 Å². The predicted molar refractivity (Wildman–Crippen MR) is 301 cm³/mol. The van der Waals surface area contributed by atoms with E-state index >= 15 is 0 Å². The minimum atomic E-state index is 1.24. The lowest BCUT2D eigenvalue weighted by atomic mass is 9.81. The molecular weight excluding hydrogens is 829 g/mol. The number of hydrogen-bond acceptors (Lipinski definition) is 0. The van der Waals surface area contributed by atoms with Crippen LogP contribution in [0.3, 0.4) is 0 Å². The molecule has 69 heavy (non-hydrogen) atoms. The van der Waals surface area contributed by atoms with Gasteiger partial charge in [0.2, 0.25) is 0 Å². The van der Waals surface area contributed by atoms with Crippen molar-refractivity contribution in [2.75, 3.05) is 0 Å². The molecule has 0 heterocycles. The monoisotopic (exact) mass is 884 g/mol. The zero-order valence-corrected chi connectivity index (χ0v) is 41.2. The van der Waals surface area contributed by atoms with Gasteiger partial charge in [-0.15, -0.1) is 0 Å². The maximum absolute atomic E-state index is 2.53.